The third kappa shape index (κ3) is 7.46. The fourth-order valence-electron chi connectivity index (χ4n) is 0.448. The third-order valence-electron chi connectivity index (χ3n) is 0.650. The molecular formula is C5H10I2. The summed E-state index contributed by atoms with van der Waals surface area (Å²) in [5.74, 6) is 0. The zero-order valence-corrected chi connectivity index (χ0v) is 8.93. The van der Waals surface area contributed by atoms with Crippen LogP contribution < -0.4 is 0 Å². The Morgan fingerprint density at radius 2 is 1.43 bits per heavy atom. The van der Waals surface area contributed by atoms with Gasteiger partial charge in [-0.1, -0.05) is 59.0 Å². The molecule has 2 unspecified atom stereocenters. The molecule has 2 atom stereocenters. The van der Waals surface area contributed by atoms with E-state index < -0.39 is 0 Å². The Hall–Kier alpha value is 1.46. The molecular weight excluding hydrogens is 314 g/mol. The minimum absolute atomic E-state index is 0.837. The molecule has 44 valence electrons. The van der Waals surface area contributed by atoms with Crippen molar-refractivity contribution in [2.45, 2.75) is 28.1 Å². The van der Waals surface area contributed by atoms with Gasteiger partial charge < -0.3 is 0 Å². The Balaban J connectivity index is 2.95. The van der Waals surface area contributed by atoms with Gasteiger partial charge in [-0.25, -0.2) is 0 Å². The van der Waals surface area contributed by atoms with Crippen LogP contribution in [0.4, 0.5) is 0 Å². The molecule has 0 radical (unpaired) electrons. The van der Waals surface area contributed by atoms with Gasteiger partial charge in [-0.05, 0) is 6.42 Å². The maximum absolute atomic E-state index is 2.45. The number of hydrogen-bond acceptors (Lipinski definition) is 0. The Morgan fingerprint density at radius 3 is 1.43 bits per heavy atom. The molecule has 0 aliphatic carbocycles. The van der Waals surface area contributed by atoms with Crippen molar-refractivity contribution in [3.05, 3.63) is 0 Å². The lowest BCUT2D eigenvalue weighted by atomic mass is 10.3. The first-order valence-electron chi connectivity index (χ1n) is 2.41. The molecule has 7 heavy (non-hydrogen) atoms. The summed E-state index contributed by atoms with van der Waals surface area (Å²) in [5.41, 5.74) is 0. The van der Waals surface area contributed by atoms with E-state index in [1.165, 1.54) is 6.42 Å². The van der Waals surface area contributed by atoms with E-state index in [2.05, 4.69) is 59.0 Å². The minimum atomic E-state index is 0.837. The average Bonchev–Trinajstić information content (AvgIpc) is 1.27. The van der Waals surface area contributed by atoms with Crippen molar-refractivity contribution in [2.24, 2.45) is 0 Å². The molecule has 0 aromatic rings. The summed E-state index contributed by atoms with van der Waals surface area (Å²) >= 11 is 4.91. The summed E-state index contributed by atoms with van der Waals surface area (Å²) in [6, 6.07) is 0. The summed E-state index contributed by atoms with van der Waals surface area (Å²) in [4.78, 5) is 0. The van der Waals surface area contributed by atoms with Gasteiger partial charge in [-0.3, -0.25) is 0 Å². The van der Waals surface area contributed by atoms with Gasteiger partial charge in [0, 0.05) is 7.85 Å². The SMILES string of the molecule is CC(I)CC(C)I. The van der Waals surface area contributed by atoms with Crippen molar-refractivity contribution in [1.82, 2.24) is 0 Å². The number of rotatable bonds is 2. The Bertz CT molecular complexity index is 35.3. The summed E-state index contributed by atoms with van der Waals surface area (Å²) in [7, 11) is 0. The quantitative estimate of drug-likeness (QED) is 0.541. The van der Waals surface area contributed by atoms with Crippen LogP contribution in [-0.4, -0.2) is 7.85 Å². The number of halogens is 2. The first-order chi connectivity index (χ1) is 3.13. The van der Waals surface area contributed by atoms with Crippen molar-refractivity contribution in [3.8, 4) is 0 Å². The average molecular weight is 324 g/mol. The topological polar surface area (TPSA) is 0 Å². The van der Waals surface area contributed by atoms with Crippen LogP contribution in [0.1, 0.15) is 20.3 Å². The molecule has 0 spiro atoms. The van der Waals surface area contributed by atoms with Crippen LogP contribution in [0.15, 0.2) is 0 Å². The molecule has 2 heteroatoms. The van der Waals surface area contributed by atoms with Crippen molar-refractivity contribution >= 4 is 45.2 Å². The van der Waals surface area contributed by atoms with Crippen molar-refractivity contribution < 1.29 is 0 Å². The summed E-state index contributed by atoms with van der Waals surface area (Å²) in [5, 5.41) is 0. The van der Waals surface area contributed by atoms with Gasteiger partial charge in [0.05, 0.1) is 0 Å². The Kier molecular flexibility index (Phi) is 5.26. The lowest BCUT2D eigenvalue weighted by molar-refractivity contribution is 0.846. The standard InChI is InChI=1S/C5H10I2/c1-4(6)3-5(2)7/h4-5H,3H2,1-2H3. The normalized spacial score (nSPS) is 18.9. The van der Waals surface area contributed by atoms with Crippen LogP contribution >= 0.6 is 45.2 Å². The molecule has 0 N–H and O–H groups in total. The number of hydrogen-bond donors (Lipinski definition) is 0. The van der Waals surface area contributed by atoms with Crippen LogP contribution in [0.2, 0.25) is 0 Å². The van der Waals surface area contributed by atoms with E-state index in [-0.39, 0.29) is 0 Å². The second kappa shape index (κ2) is 4.35. The highest BCUT2D eigenvalue weighted by Crippen LogP contribution is 2.13. The van der Waals surface area contributed by atoms with E-state index in [0.717, 1.165) is 7.85 Å². The van der Waals surface area contributed by atoms with E-state index in [0.29, 0.717) is 0 Å². The van der Waals surface area contributed by atoms with Crippen LogP contribution in [0.3, 0.4) is 0 Å². The van der Waals surface area contributed by atoms with E-state index in [4.69, 9.17) is 0 Å². The lowest BCUT2D eigenvalue weighted by Crippen LogP contribution is -1.97. The second-order valence-electron chi connectivity index (χ2n) is 1.80. The van der Waals surface area contributed by atoms with E-state index in [1.54, 1.807) is 0 Å². The molecule has 0 saturated heterocycles. The van der Waals surface area contributed by atoms with Gasteiger partial charge in [-0.2, -0.15) is 0 Å². The summed E-state index contributed by atoms with van der Waals surface area (Å²) in [6.45, 7) is 4.49. The number of alkyl halides is 2. The molecule has 0 fully saturated rings. The molecule has 0 aliphatic heterocycles. The monoisotopic (exact) mass is 324 g/mol. The van der Waals surface area contributed by atoms with E-state index in [1.807, 2.05) is 0 Å². The van der Waals surface area contributed by atoms with Crippen molar-refractivity contribution in [1.29, 1.82) is 0 Å². The highest BCUT2D eigenvalue weighted by atomic mass is 127. The molecule has 0 nitrogen and oxygen atoms in total. The highest BCUT2D eigenvalue weighted by molar-refractivity contribution is 14.1. The smallest absolute Gasteiger partial charge is 0.00911 e. The Labute approximate surface area is 72.7 Å². The zero-order valence-electron chi connectivity index (χ0n) is 4.62. The molecule has 0 aromatic heterocycles. The van der Waals surface area contributed by atoms with Crippen LogP contribution in [0, 0.1) is 0 Å². The maximum Gasteiger partial charge on any atom is 0.00911 e. The van der Waals surface area contributed by atoms with Gasteiger partial charge in [-0.15, -0.1) is 0 Å². The largest absolute Gasteiger partial charge is 0.0829 e. The second-order valence-corrected chi connectivity index (χ2v) is 6.05. The molecule has 0 saturated carbocycles. The Morgan fingerprint density at radius 1 is 1.14 bits per heavy atom. The molecule has 0 heterocycles. The first kappa shape index (κ1) is 8.46. The summed E-state index contributed by atoms with van der Waals surface area (Å²) in [6.07, 6.45) is 1.33. The van der Waals surface area contributed by atoms with Crippen LogP contribution in [0.25, 0.3) is 0 Å². The lowest BCUT2D eigenvalue weighted by Gasteiger charge is -2.02. The fourth-order valence-corrected chi connectivity index (χ4v) is 2.95. The molecule has 0 aromatic carbocycles. The van der Waals surface area contributed by atoms with Gasteiger partial charge in [0.15, 0.2) is 0 Å². The maximum atomic E-state index is 2.45. The van der Waals surface area contributed by atoms with Crippen LogP contribution in [0.5, 0.6) is 0 Å². The molecule has 0 rings (SSSR count). The van der Waals surface area contributed by atoms with E-state index in [9.17, 15) is 0 Å². The highest BCUT2D eigenvalue weighted by Gasteiger charge is 1.98. The molecule has 0 bridgehead atoms. The van der Waals surface area contributed by atoms with Crippen molar-refractivity contribution in [3.63, 3.8) is 0 Å². The van der Waals surface area contributed by atoms with E-state index >= 15 is 0 Å². The molecule has 0 aliphatic rings. The van der Waals surface area contributed by atoms with Gasteiger partial charge >= 0.3 is 0 Å². The van der Waals surface area contributed by atoms with Gasteiger partial charge in [0.1, 0.15) is 0 Å². The zero-order chi connectivity index (χ0) is 5.86. The minimum Gasteiger partial charge on any atom is -0.0829 e. The van der Waals surface area contributed by atoms with Crippen LogP contribution in [-0.2, 0) is 0 Å². The van der Waals surface area contributed by atoms with Gasteiger partial charge in [0.2, 0.25) is 0 Å². The predicted molar refractivity (Wildman–Crippen MR) is 51.6 cm³/mol. The predicted octanol–water partition coefficient (Wildman–Crippen LogP) is 3.02. The van der Waals surface area contributed by atoms with Gasteiger partial charge in [0.25, 0.3) is 0 Å². The van der Waals surface area contributed by atoms with Crippen molar-refractivity contribution in [2.75, 3.05) is 0 Å². The first-order valence-corrected chi connectivity index (χ1v) is 4.90. The summed E-state index contributed by atoms with van der Waals surface area (Å²) < 4.78 is 1.67. The molecule has 0 amide bonds. The third-order valence-corrected chi connectivity index (χ3v) is 1.67. The fraction of sp³-hybridized carbons (Fsp3) is 1.00.